The first-order valence-electron chi connectivity index (χ1n) is 5.20. The number of hydrogen-bond acceptors (Lipinski definition) is 2. The van der Waals surface area contributed by atoms with E-state index in [1.807, 2.05) is 6.92 Å². The van der Waals surface area contributed by atoms with Crippen LogP contribution in [0.3, 0.4) is 0 Å². The highest BCUT2D eigenvalue weighted by molar-refractivity contribution is 9.09. The third-order valence-corrected chi connectivity index (χ3v) is 2.58. The van der Waals surface area contributed by atoms with Crippen molar-refractivity contribution in [2.24, 2.45) is 0 Å². The van der Waals surface area contributed by atoms with Crippen LogP contribution in [0.2, 0.25) is 0 Å². The molecule has 88 valence electrons. The van der Waals surface area contributed by atoms with Gasteiger partial charge in [0.1, 0.15) is 6.04 Å². The normalized spacial score (nSPS) is 12.1. The molecule has 1 amide bonds. The Morgan fingerprint density at radius 1 is 1.40 bits per heavy atom. The molecule has 0 spiro atoms. The minimum Gasteiger partial charge on any atom is -0.480 e. The summed E-state index contributed by atoms with van der Waals surface area (Å²) in [6.45, 7) is 1.99. The molecule has 0 saturated heterocycles. The summed E-state index contributed by atoms with van der Waals surface area (Å²) in [4.78, 5) is 22.1. The minimum absolute atomic E-state index is 0.182. The molecular formula is C10H18BrNO3. The molecular weight excluding hydrogens is 262 g/mol. The van der Waals surface area contributed by atoms with E-state index in [-0.39, 0.29) is 5.91 Å². The van der Waals surface area contributed by atoms with Crippen LogP contribution in [0.15, 0.2) is 0 Å². The zero-order valence-corrected chi connectivity index (χ0v) is 10.5. The third kappa shape index (κ3) is 7.36. The van der Waals surface area contributed by atoms with Crippen LogP contribution in [0, 0.1) is 0 Å². The lowest BCUT2D eigenvalue weighted by Gasteiger charge is -2.13. The molecule has 4 nitrogen and oxygen atoms in total. The van der Waals surface area contributed by atoms with Gasteiger partial charge in [-0.25, -0.2) is 4.79 Å². The van der Waals surface area contributed by atoms with E-state index in [0.29, 0.717) is 12.8 Å². The molecule has 0 aromatic heterocycles. The molecule has 15 heavy (non-hydrogen) atoms. The lowest BCUT2D eigenvalue weighted by atomic mass is 10.1. The molecule has 0 heterocycles. The van der Waals surface area contributed by atoms with Crippen molar-refractivity contribution in [1.29, 1.82) is 0 Å². The van der Waals surface area contributed by atoms with Crippen molar-refractivity contribution in [3.63, 3.8) is 0 Å². The van der Waals surface area contributed by atoms with Gasteiger partial charge in [0.25, 0.3) is 0 Å². The van der Waals surface area contributed by atoms with E-state index in [0.717, 1.165) is 24.6 Å². The number of carbonyl (C=O) groups excluding carboxylic acids is 1. The number of amides is 1. The van der Waals surface area contributed by atoms with Gasteiger partial charge in [-0.05, 0) is 12.8 Å². The SMILES string of the molecule is CCCC[C@H](NC(=O)CCCBr)C(=O)O. The maximum atomic E-state index is 11.3. The predicted octanol–water partition coefficient (Wildman–Crippen LogP) is 1.92. The Morgan fingerprint density at radius 2 is 2.07 bits per heavy atom. The Labute approximate surface area is 98.6 Å². The van der Waals surface area contributed by atoms with Gasteiger partial charge in [0.2, 0.25) is 5.91 Å². The van der Waals surface area contributed by atoms with Crippen molar-refractivity contribution in [2.45, 2.75) is 45.1 Å². The molecule has 0 aromatic rings. The van der Waals surface area contributed by atoms with Gasteiger partial charge in [-0.2, -0.15) is 0 Å². The van der Waals surface area contributed by atoms with Crippen molar-refractivity contribution < 1.29 is 14.7 Å². The summed E-state index contributed by atoms with van der Waals surface area (Å²) < 4.78 is 0. The standard InChI is InChI=1S/C10H18BrNO3/c1-2-3-5-8(10(14)15)12-9(13)6-4-7-11/h8H,2-7H2,1H3,(H,12,13)(H,14,15)/t8-/m0/s1. The average Bonchev–Trinajstić information content (AvgIpc) is 2.20. The highest BCUT2D eigenvalue weighted by Gasteiger charge is 2.18. The fraction of sp³-hybridized carbons (Fsp3) is 0.800. The fourth-order valence-electron chi connectivity index (χ4n) is 1.16. The summed E-state index contributed by atoms with van der Waals surface area (Å²) in [5.41, 5.74) is 0. The molecule has 2 N–H and O–H groups in total. The van der Waals surface area contributed by atoms with Gasteiger partial charge in [-0.3, -0.25) is 4.79 Å². The van der Waals surface area contributed by atoms with Crippen molar-refractivity contribution >= 4 is 27.8 Å². The van der Waals surface area contributed by atoms with E-state index in [1.54, 1.807) is 0 Å². The highest BCUT2D eigenvalue weighted by Crippen LogP contribution is 2.02. The molecule has 0 rings (SSSR count). The third-order valence-electron chi connectivity index (χ3n) is 2.02. The second-order valence-electron chi connectivity index (χ2n) is 3.39. The number of unbranched alkanes of at least 4 members (excludes halogenated alkanes) is 1. The molecule has 1 atom stereocenters. The van der Waals surface area contributed by atoms with Crippen LogP contribution in [0.4, 0.5) is 0 Å². The summed E-state index contributed by atoms with van der Waals surface area (Å²) in [5, 5.41) is 12.1. The summed E-state index contributed by atoms with van der Waals surface area (Å²) in [7, 11) is 0. The largest absolute Gasteiger partial charge is 0.480 e. The van der Waals surface area contributed by atoms with Gasteiger partial charge in [0, 0.05) is 11.8 Å². The first kappa shape index (κ1) is 14.4. The maximum absolute atomic E-state index is 11.3. The highest BCUT2D eigenvalue weighted by atomic mass is 79.9. The smallest absolute Gasteiger partial charge is 0.326 e. The number of hydrogen-bond donors (Lipinski definition) is 2. The maximum Gasteiger partial charge on any atom is 0.326 e. The monoisotopic (exact) mass is 279 g/mol. The summed E-state index contributed by atoms with van der Waals surface area (Å²) in [6.07, 6.45) is 3.36. The van der Waals surface area contributed by atoms with Gasteiger partial charge in [-0.1, -0.05) is 35.7 Å². The Kier molecular flexibility index (Phi) is 8.37. The first-order chi connectivity index (χ1) is 7.11. The number of rotatable bonds is 8. The van der Waals surface area contributed by atoms with Gasteiger partial charge >= 0.3 is 5.97 Å². The van der Waals surface area contributed by atoms with Crippen molar-refractivity contribution in [3.05, 3.63) is 0 Å². The number of alkyl halides is 1. The van der Waals surface area contributed by atoms with E-state index < -0.39 is 12.0 Å². The second kappa shape index (κ2) is 8.71. The van der Waals surface area contributed by atoms with Gasteiger partial charge < -0.3 is 10.4 Å². The molecule has 0 fully saturated rings. The van der Waals surface area contributed by atoms with Crippen LogP contribution >= 0.6 is 15.9 Å². The van der Waals surface area contributed by atoms with Crippen molar-refractivity contribution in [1.82, 2.24) is 5.32 Å². The zero-order chi connectivity index (χ0) is 11.7. The number of halogens is 1. The molecule has 5 heteroatoms. The van der Waals surface area contributed by atoms with Crippen molar-refractivity contribution in [3.8, 4) is 0 Å². The van der Waals surface area contributed by atoms with Crippen LogP contribution in [-0.2, 0) is 9.59 Å². The number of carboxylic acids is 1. The van der Waals surface area contributed by atoms with Gasteiger partial charge in [-0.15, -0.1) is 0 Å². The van der Waals surface area contributed by atoms with Gasteiger partial charge in [0.15, 0.2) is 0 Å². The molecule has 0 bridgehead atoms. The Balaban J connectivity index is 3.93. The zero-order valence-electron chi connectivity index (χ0n) is 8.96. The minimum atomic E-state index is -0.948. The lowest BCUT2D eigenvalue weighted by molar-refractivity contribution is -0.142. The van der Waals surface area contributed by atoms with E-state index in [4.69, 9.17) is 5.11 Å². The summed E-state index contributed by atoms with van der Waals surface area (Å²) in [6, 6.07) is -0.729. The molecule has 0 unspecified atom stereocenters. The van der Waals surface area contributed by atoms with Crippen LogP contribution in [0.1, 0.15) is 39.0 Å². The lowest BCUT2D eigenvalue weighted by Crippen LogP contribution is -2.40. The van der Waals surface area contributed by atoms with Crippen LogP contribution in [-0.4, -0.2) is 28.4 Å². The number of aliphatic carboxylic acids is 1. The predicted molar refractivity (Wildman–Crippen MR) is 62.1 cm³/mol. The number of nitrogens with one attached hydrogen (secondary N) is 1. The Hall–Kier alpha value is -0.580. The number of carbonyl (C=O) groups is 2. The topological polar surface area (TPSA) is 66.4 Å². The Bertz CT molecular complexity index is 209. The molecule has 0 radical (unpaired) electrons. The van der Waals surface area contributed by atoms with E-state index in [9.17, 15) is 9.59 Å². The van der Waals surface area contributed by atoms with Crippen LogP contribution in [0.25, 0.3) is 0 Å². The molecule has 0 saturated carbocycles. The van der Waals surface area contributed by atoms with Crippen LogP contribution in [0.5, 0.6) is 0 Å². The first-order valence-corrected chi connectivity index (χ1v) is 6.32. The Morgan fingerprint density at radius 3 is 2.53 bits per heavy atom. The summed E-state index contributed by atoms with van der Waals surface area (Å²) in [5.74, 6) is -1.13. The molecule has 0 aliphatic carbocycles. The molecule has 0 aliphatic rings. The fourth-order valence-corrected chi connectivity index (χ4v) is 1.44. The van der Waals surface area contributed by atoms with E-state index in [1.165, 1.54) is 0 Å². The van der Waals surface area contributed by atoms with Crippen LogP contribution < -0.4 is 5.32 Å². The second-order valence-corrected chi connectivity index (χ2v) is 4.19. The molecule has 0 aromatic carbocycles. The molecule has 0 aliphatic heterocycles. The van der Waals surface area contributed by atoms with E-state index in [2.05, 4.69) is 21.2 Å². The summed E-state index contributed by atoms with van der Waals surface area (Å²) >= 11 is 3.22. The average molecular weight is 280 g/mol. The number of carboxylic acid groups (broad SMARTS) is 1. The quantitative estimate of drug-likeness (QED) is 0.667. The van der Waals surface area contributed by atoms with Gasteiger partial charge in [0.05, 0.1) is 0 Å². The van der Waals surface area contributed by atoms with E-state index >= 15 is 0 Å². The van der Waals surface area contributed by atoms with Crippen molar-refractivity contribution in [2.75, 3.05) is 5.33 Å².